The van der Waals surface area contributed by atoms with Crippen LogP contribution >= 0.6 is 0 Å². The Bertz CT molecular complexity index is 706. The van der Waals surface area contributed by atoms with Crippen LogP contribution < -0.4 is 10.5 Å². The number of nitrogens with two attached hydrogens (primary N) is 1. The van der Waals surface area contributed by atoms with Gasteiger partial charge < -0.3 is 19.9 Å². The van der Waals surface area contributed by atoms with Gasteiger partial charge in [-0.25, -0.2) is 23.4 Å². The number of aromatic nitrogens is 1. The van der Waals surface area contributed by atoms with Crippen molar-refractivity contribution in [3.63, 3.8) is 0 Å². The summed E-state index contributed by atoms with van der Waals surface area (Å²) in [6.45, 7) is 3.66. The molecule has 1 atom stereocenters. The number of rotatable bonds is 3. The molecule has 26 heavy (non-hydrogen) atoms. The number of ether oxygens (including phenoxy) is 3. The van der Waals surface area contributed by atoms with Crippen molar-refractivity contribution in [3.05, 3.63) is 17.8 Å². The highest BCUT2D eigenvalue weighted by Crippen LogP contribution is 2.33. The molecule has 0 aliphatic carbocycles. The lowest BCUT2D eigenvalue weighted by Gasteiger charge is -2.24. The van der Waals surface area contributed by atoms with Crippen LogP contribution in [0.4, 0.5) is 19.4 Å². The number of carbonyl (C=O) groups is 2. The quantitative estimate of drug-likeness (QED) is 0.809. The SMILES string of the molecule is COC(=O)c1cnc(N)c(OC2CN(C(=O)OC(C)(C)C)CC2(F)F)c1. The van der Waals surface area contributed by atoms with Gasteiger partial charge in [-0.1, -0.05) is 0 Å². The van der Waals surface area contributed by atoms with Crippen LogP contribution in [-0.2, 0) is 9.47 Å². The first-order valence-electron chi connectivity index (χ1n) is 7.79. The molecule has 1 unspecified atom stereocenters. The fourth-order valence-corrected chi connectivity index (χ4v) is 2.28. The monoisotopic (exact) mass is 373 g/mol. The number of hydrogen-bond donors (Lipinski definition) is 1. The molecule has 2 N–H and O–H groups in total. The van der Waals surface area contributed by atoms with E-state index in [2.05, 4.69) is 9.72 Å². The Balaban J connectivity index is 2.16. The van der Waals surface area contributed by atoms with E-state index in [1.807, 2.05) is 0 Å². The Morgan fingerprint density at radius 3 is 2.62 bits per heavy atom. The lowest BCUT2D eigenvalue weighted by Crippen LogP contribution is -2.37. The van der Waals surface area contributed by atoms with Crippen LogP contribution in [0, 0.1) is 0 Å². The van der Waals surface area contributed by atoms with E-state index in [4.69, 9.17) is 15.2 Å². The van der Waals surface area contributed by atoms with Crippen molar-refractivity contribution < 1.29 is 32.6 Å². The summed E-state index contributed by atoms with van der Waals surface area (Å²) in [5, 5.41) is 0. The first-order valence-corrected chi connectivity index (χ1v) is 7.79. The zero-order valence-corrected chi connectivity index (χ0v) is 14.9. The number of alkyl halides is 2. The van der Waals surface area contributed by atoms with E-state index in [-0.39, 0.29) is 17.1 Å². The molecule has 1 aromatic rings. The number of nitrogens with zero attached hydrogens (tertiary/aromatic N) is 2. The number of nitrogen functional groups attached to an aromatic ring is 1. The fourth-order valence-electron chi connectivity index (χ4n) is 2.28. The topological polar surface area (TPSA) is 104 Å². The molecule has 0 saturated carbocycles. The molecule has 1 aromatic heterocycles. The Hall–Kier alpha value is -2.65. The molecule has 0 radical (unpaired) electrons. The Morgan fingerprint density at radius 1 is 1.38 bits per heavy atom. The van der Waals surface area contributed by atoms with Gasteiger partial charge >= 0.3 is 18.0 Å². The molecule has 0 bridgehead atoms. The van der Waals surface area contributed by atoms with Gasteiger partial charge in [0.1, 0.15) is 5.60 Å². The van der Waals surface area contributed by atoms with E-state index in [0.717, 1.165) is 11.1 Å². The lowest BCUT2D eigenvalue weighted by atomic mass is 10.2. The Labute approximate surface area is 149 Å². The van der Waals surface area contributed by atoms with Gasteiger partial charge in [-0.3, -0.25) is 4.90 Å². The van der Waals surface area contributed by atoms with Crippen LogP contribution in [-0.4, -0.2) is 59.8 Å². The van der Waals surface area contributed by atoms with E-state index < -0.39 is 42.8 Å². The fraction of sp³-hybridized carbons (Fsp3) is 0.562. The van der Waals surface area contributed by atoms with Gasteiger partial charge in [0.15, 0.2) is 17.7 Å². The van der Waals surface area contributed by atoms with Crippen molar-refractivity contribution in [2.24, 2.45) is 0 Å². The second kappa shape index (κ2) is 6.93. The summed E-state index contributed by atoms with van der Waals surface area (Å²) in [4.78, 5) is 28.2. The van der Waals surface area contributed by atoms with Crippen molar-refractivity contribution in [2.45, 2.75) is 38.4 Å². The third kappa shape index (κ3) is 4.50. The minimum absolute atomic E-state index is 0.00186. The molecule has 1 aliphatic heterocycles. The molecule has 144 valence electrons. The number of hydrogen-bond acceptors (Lipinski definition) is 7. The first-order chi connectivity index (χ1) is 11.9. The van der Waals surface area contributed by atoms with Crippen molar-refractivity contribution in [2.75, 3.05) is 25.9 Å². The minimum Gasteiger partial charge on any atom is -0.478 e. The van der Waals surface area contributed by atoms with Crippen LogP contribution in [0.1, 0.15) is 31.1 Å². The summed E-state index contributed by atoms with van der Waals surface area (Å²) in [5.74, 6) is -4.39. The number of esters is 1. The number of likely N-dealkylation sites (tertiary alicyclic amines) is 1. The van der Waals surface area contributed by atoms with Crippen molar-refractivity contribution in [1.29, 1.82) is 0 Å². The van der Waals surface area contributed by atoms with E-state index in [0.29, 0.717) is 0 Å². The molecular weight excluding hydrogens is 352 g/mol. The summed E-state index contributed by atoms with van der Waals surface area (Å²) < 4.78 is 43.5. The summed E-state index contributed by atoms with van der Waals surface area (Å²) in [7, 11) is 1.17. The number of amides is 1. The average molecular weight is 373 g/mol. The Kier molecular flexibility index (Phi) is 5.24. The normalized spacial score (nSPS) is 19.2. The lowest BCUT2D eigenvalue weighted by molar-refractivity contribution is -0.0622. The van der Waals surface area contributed by atoms with Crippen LogP contribution in [0.2, 0.25) is 0 Å². The smallest absolute Gasteiger partial charge is 0.410 e. The molecule has 0 aromatic carbocycles. The molecule has 8 nitrogen and oxygen atoms in total. The molecule has 1 amide bonds. The van der Waals surface area contributed by atoms with E-state index in [1.165, 1.54) is 13.2 Å². The molecule has 1 aliphatic rings. The molecule has 0 spiro atoms. The third-order valence-corrected chi connectivity index (χ3v) is 3.48. The number of halogens is 2. The van der Waals surface area contributed by atoms with Gasteiger partial charge in [0, 0.05) is 12.3 Å². The largest absolute Gasteiger partial charge is 0.478 e. The number of anilines is 1. The average Bonchev–Trinajstić information content (AvgIpc) is 2.82. The van der Waals surface area contributed by atoms with Gasteiger partial charge in [0.2, 0.25) is 0 Å². The summed E-state index contributed by atoms with van der Waals surface area (Å²) >= 11 is 0. The molecule has 1 fully saturated rings. The second-order valence-electron chi connectivity index (χ2n) is 6.83. The van der Waals surface area contributed by atoms with Gasteiger partial charge in [-0.2, -0.15) is 0 Å². The zero-order valence-electron chi connectivity index (χ0n) is 14.9. The van der Waals surface area contributed by atoms with Gasteiger partial charge in [-0.05, 0) is 20.8 Å². The van der Waals surface area contributed by atoms with Crippen molar-refractivity contribution in [3.8, 4) is 5.75 Å². The molecule has 2 rings (SSSR count). The third-order valence-electron chi connectivity index (χ3n) is 3.48. The van der Waals surface area contributed by atoms with Crippen LogP contribution in [0.25, 0.3) is 0 Å². The van der Waals surface area contributed by atoms with Crippen molar-refractivity contribution in [1.82, 2.24) is 9.88 Å². The zero-order chi connectivity index (χ0) is 19.7. The van der Waals surface area contributed by atoms with E-state index in [1.54, 1.807) is 20.8 Å². The highest BCUT2D eigenvalue weighted by Gasteiger charge is 2.52. The van der Waals surface area contributed by atoms with E-state index in [9.17, 15) is 18.4 Å². The number of pyridine rings is 1. The van der Waals surface area contributed by atoms with Crippen LogP contribution in [0.3, 0.4) is 0 Å². The number of methoxy groups -OCH3 is 1. The molecule has 2 heterocycles. The predicted molar refractivity (Wildman–Crippen MR) is 87.2 cm³/mol. The molecular formula is C16H21F2N3O5. The van der Waals surface area contributed by atoms with Gasteiger partial charge in [-0.15, -0.1) is 0 Å². The summed E-state index contributed by atoms with van der Waals surface area (Å²) in [6.07, 6.45) is -1.38. The standard InChI is InChI=1S/C16H21F2N3O5/c1-15(2,3)26-14(23)21-7-11(16(17,18)8-21)25-10-5-9(13(22)24-4)6-20-12(10)19/h5-6,11H,7-8H2,1-4H3,(H2,19,20). The molecule has 10 heteroatoms. The minimum atomic E-state index is -3.33. The van der Waals surface area contributed by atoms with Crippen LogP contribution in [0.5, 0.6) is 5.75 Å². The van der Waals surface area contributed by atoms with Crippen molar-refractivity contribution >= 4 is 17.9 Å². The summed E-state index contributed by atoms with van der Waals surface area (Å²) in [5.41, 5.74) is 4.83. The maximum Gasteiger partial charge on any atom is 0.410 e. The Morgan fingerprint density at radius 2 is 2.04 bits per heavy atom. The first kappa shape index (κ1) is 19.7. The molecule has 1 saturated heterocycles. The number of carbonyl (C=O) groups excluding carboxylic acids is 2. The maximum absolute atomic E-state index is 14.3. The van der Waals surface area contributed by atoms with Crippen LogP contribution in [0.15, 0.2) is 12.3 Å². The predicted octanol–water partition coefficient (Wildman–Crippen LogP) is 2.08. The van der Waals surface area contributed by atoms with E-state index >= 15 is 0 Å². The van der Waals surface area contributed by atoms with Gasteiger partial charge in [0.25, 0.3) is 0 Å². The highest BCUT2D eigenvalue weighted by atomic mass is 19.3. The maximum atomic E-state index is 14.3. The second-order valence-corrected chi connectivity index (χ2v) is 6.83. The highest BCUT2D eigenvalue weighted by molar-refractivity contribution is 5.89. The van der Waals surface area contributed by atoms with Gasteiger partial charge in [0.05, 0.1) is 25.8 Å². The summed E-state index contributed by atoms with van der Waals surface area (Å²) in [6, 6.07) is 1.17.